The average Bonchev–Trinajstić information content (AvgIpc) is 1.81. The molecule has 5 nitrogen and oxygen atoms in total. The molecule has 0 radical (unpaired) electrons. The van der Waals surface area contributed by atoms with Gasteiger partial charge >= 0.3 is 0 Å². The fourth-order valence-corrected chi connectivity index (χ4v) is 1.09. The van der Waals surface area contributed by atoms with Crippen molar-refractivity contribution in [2.24, 2.45) is 0 Å². The van der Waals surface area contributed by atoms with Crippen LogP contribution in [-0.2, 0) is 4.74 Å². The molecule has 4 atom stereocenters. The van der Waals surface area contributed by atoms with E-state index in [2.05, 4.69) is 4.74 Å². The molecule has 1 rings (SSSR count). The van der Waals surface area contributed by atoms with Gasteiger partial charge in [-0.15, -0.1) is 0 Å². The molecular formula is C6H12O5. The zero-order valence-electron chi connectivity index (χ0n) is 6.14. The lowest BCUT2D eigenvalue weighted by Crippen LogP contribution is -2.56. The van der Waals surface area contributed by atoms with Crippen molar-refractivity contribution in [2.75, 3.05) is 0 Å². The lowest BCUT2D eigenvalue weighted by Gasteiger charge is -2.39. The molecule has 11 heavy (non-hydrogen) atoms. The number of hydrogen-bond donors (Lipinski definition) is 4. The highest BCUT2D eigenvalue weighted by atomic mass is 16.7. The van der Waals surface area contributed by atoms with Gasteiger partial charge in [-0.05, 0) is 6.92 Å². The van der Waals surface area contributed by atoms with Crippen LogP contribution < -0.4 is 0 Å². The number of aliphatic hydroxyl groups excluding tert-OH is 3. The van der Waals surface area contributed by atoms with E-state index in [-0.39, 0.29) is 6.42 Å². The first-order valence-corrected chi connectivity index (χ1v) is 3.38. The number of rotatable bonds is 0. The summed E-state index contributed by atoms with van der Waals surface area (Å²) >= 11 is 0. The van der Waals surface area contributed by atoms with Crippen LogP contribution in [0.1, 0.15) is 13.3 Å². The summed E-state index contributed by atoms with van der Waals surface area (Å²) in [5, 5.41) is 36.2. The predicted octanol–water partition coefficient (Wildman–Crippen LogP) is -1.84. The van der Waals surface area contributed by atoms with Crippen LogP contribution in [0.5, 0.6) is 0 Å². The van der Waals surface area contributed by atoms with Gasteiger partial charge in [-0.3, -0.25) is 0 Å². The predicted molar refractivity (Wildman–Crippen MR) is 34.3 cm³/mol. The Balaban J connectivity index is 2.67. The summed E-state index contributed by atoms with van der Waals surface area (Å²) in [5.74, 6) is -1.86. The normalized spacial score (nSPS) is 52.6. The Kier molecular flexibility index (Phi) is 2.17. The van der Waals surface area contributed by atoms with Crippen LogP contribution in [-0.4, -0.2) is 44.7 Å². The molecule has 0 aromatic carbocycles. The van der Waals surface area contributed by atoms with Crippen LogP contribution >= 0.6 is 0 Å². The van der Waals surface area contributed by atoms with E-state index >= 15 is 0 Å². The maximum atomic E-state index is 9.19. The molecule has 0 spiro atoms. The molecule has 0 bridgehead atoms. The first-order valence-electron chi connectivity index (χ1n) is 3.38. The van der Waals surface area contributed by atoms with E-state index in [0.717, 1.165) is 0 Å². The van der Waals surface area contributed by atoms with Gasteiger partial charge in [0.15, 0.2) is 12.1 Å². The number of hydrogen-bond acceptors (Lipinski definition) is 5. The first kappa shape index (κ1) is 8.89. The molecular weight excluding hydrogens is 152 g/mol. The largest absolute Gasteiger partial charge is 0.390 e. The summed E-state index contributed by atoms with van der Waals surface area (Å²) in [6.07, 6.45) is -3.82. The Morgan fingerprint density at radius 1 is 1.36 bits per heavy atom. The van der Waals surface area contributed by atoms with E-state index in [4.69, 9.17) is 15.3 Å². The van der Waals surface area contributed by atoms with Crippen molar-refractivity contribution in [3.8, 4) is 0 Å². The molecule has 0 aromatic rings. The van der Waals surface area contributed by atoms with Gasteiger partial charge in [0.2, 0.25) is 0 Å². The van der Waals surface area contributed by atoms with Crippen LogP contribution in [0, 0.1) is 0 Å². The molecule has 1 saturated heterocycles. The van der Waals surface area contributed by atoms with E-state index in [0.29, 0.717) is 0 Å². The van der Waals surface area contributed by atoms with Crippen LogP contribution in [0.25, 0.3) is 0 Å². The minimum atomic E-state index is -1.86. The quantitative estimate of drug-likeness (QED) is 0.337. The highest BCUT2D eigenvalue weighted by molar-refractivity contribution is 4.84. The third kappa shape index (κ3) is 1.69. The van der Waals surface area contributed by atoms with Gasteiger partial charge in [-0.1, -0.05) is 0 Å². The van der Waals surface area contributed by atoms with Crippen molar-refractivity contribution in [1.82, 2.24) is 0 Å². The Bertz CT molecular complexity index is 146. The van der Waals surface area contributed by atoms with Crippen LogP contribution in [0.15, 0.2) is 0 Å². The lowest BCUT2D eigenvalue weighted by atomic mass is 10.00. The van der Waals surface area contributed by atoms with E-state index in [1.807, 2.05) is 0 Å². The van der Waals surface area contributed by atoms with Crippen molar-refractivity contribution >= 4 is 0 Å². The number of ether oxygens (including phenoxy) is 1. The molecule has 0 aliphatic carbocycles. The standard InChI is InChI=1S/C6H12O5/c1-6(10)5(9)3(7)2-4(8)11-6/h3-5,7-10H,2H2,1H3/t3-,4?,5?,6+/m0/s1. The van der Waals surface area contributed by atoms with E-state index in [1.165, 1.54) is 6.92 Å². The summed E-state index contributed by atoms with van der Waals surface area (Å²) in [7, 11) is 0. The van der Waals surface area contributed by atoms with Gasteiger partial charge < -0.3 is 25.2 Å². The Morgan fingerprint density at radius 3 is 2.36 bits per heavy atom. The minimum absolute atomic E-state index is 0.0860. The summed E-state index contributed by atoms with van der Waals surface area (Å²) in [6, 6.07) is 0. The second-order valence-corrected chi connectivity index (χ2v) is 2.88. The smallest absolute Gasteiger partial charge is 0.194 e. The van der Waals surface area contributed by atoms with Crippen LogP contribution in [0.2, 0.25) is 0 Å². The fourth-order valence-electron chi connectivity index (χ4n) is 1.09. The SMILES string of the molecule is C[C@@]1(O)OC(O)C[C@H](O)C1O. The fraction of sp³-hybridized carbons (Fsp3) is 1.00. The van der Waals surface area contributed by atoms with Crippen molar-refractivity contribution in [3.63, 3.8) is 0 Å². The van der Waals surface area contributed by atoms with Gasteiger partial charge in [0.25, 0.3) is 0 Å². The lowest BCUT2D eigenvalue weighted by molar-refractivity contribution is -0.349. The topological polar surface area (TPSA) is 90.2 Å². The van der Waals surface area contributed by atoms with E-state index < -0.39 is 24.3 Å². The van der Waals surface area contributed by atoms with Crippen molar-refractivity contribution in [1.29, 1.82) is 0 Å². The van der Waals surface area contributed by atoms with E-state index in [9.17, 15) is 5.11 Å². The Morgan fingerprint density at radius 2 is 1.91 bits per heavy atom. The van der Waals surface area contributed by atoms with Crippen molar-refractivity contribution < 1.29 is 25.2 Å². The van der Waals surface area contributed by atoms with Gasteiger partial charge in [0, 0.05) is 6.42 Å². The highest BCUT2D eigenvalue weighted by Crippen LogP contribution is 2.25. The zero-order valence-corrected chi connectivity index (χ0v) is 6.14. The monoisotopic (exact) mass is 164 g/mol. The molecule has 0 saturated carbocycles. The average molecular weight is 164 g/mol. The van der Waals surface area contributed by atoms with Gasteiger partial charge in [-0.25, -0.2) is 0 Å². The van der Waals surface area contributed by atoms with Crippen molar-refractivity contribution in [2.45, 2.75) is 37.6 Å². The molecule has 1 aliphatic heterocycles. The van der Waals surface area contributed by atoms with Crippen LogP contribution in [0.3, 0.4) is 0 Å². The third-order valence-corrected chi connectivity index (χ3v) is 1.73. The number of aliphatic hydroxyl groups is 4. The van der Waals surface area contributed by atoms with Crippen molar-refractivity contribution in [3.05, 3.63) is 0 Å². The summed E-state index contributed by atoms with van der Waals surface area (Å²) in [6.45, 7) is 1.18. The molecule has 1 heterocycles. The highest BCUT2D eigenvalue weighted by Gasteiger charge is 2.43. The first-order chi connectivity index (χ1) is 4.93. The summed E-state index contributed by atoms with van der Waals surface area (Å²) < 4.78 is 4.56. The second kappa shape index (κ2) is 2.69. The third-order valence-electron chi connectivity index (χ3n) is 1.73. The van der Waals surface area contributed by atoms with E-state index in [1.54, 1.807) is 0 Å². The minimum Gasteiger partial charge on any atom is -0.390 e. The summed E-state index contributed by atoms with van der Waals surface area (Å²) in [5.41, 5.74) is 0. The molecule has 0 aromatic heterocycles. The summed E-state index contributed by atoms with van der Waals surface area (Å²) in [4.78, 5) is 0. The maximum Gasteiger partial charge on any atom is 0.194 e. The Hall–Kier alpha value is -0.200. The maximum absolute atomic E-state index is 9.19. The molecule has 2 unspecified atom stereocenters. The molecule has 66 valence electrons. The molecule has 1 aliphatic rings. The van der Waals surface area contributed by atoms with Gasteiger partial charge in [0.05, 0.1) is 6.10 Å². The molecule has 4 N–H and O–H groups in total. The van der Waals surface area contributed by atoms with Gasteiger partial charge in [-0.2, -0.15) is 0 Å². The zero-order chi connectivity index (χ0) is 8.65. The van der Waals surface area contributed by atoms with Gasteiger partial charge in [0.1, 0.15) is 6.10 Å². The molecule has 5 heteroatoms. The molecule has 0 amide bonds. The molecule has 1 fully saturated rings. The van der Waals surface area contributed by atoms with Crippen LogP contribution in [0.4, 0.5) is 0 Å². The Labute approximate surface area is 63.8 Å². The second-order valence-electron chi connectivity index (χ2n) is 2.88.